The van der Waals surface area contributed by atoms with Crippen LogP contribution in [0.5, 0.6) is 0 Å². The molecule has 0 spiro atoms. The van der Waals surface area contributed by atoms with Gasteiger partial charge in [-0.1, -0.05) is 30.3 Å². The normalized spacial score (nSPS) is 19.1. The van der Waals surface area contributed by atoms with Crippen LogP contribution in [0, 0.1) is 0 Å². The minimum absolute atomic E-state index is 0.0683. The maximum atomic E-state index is 12.2. The maximum absolute atomic E-state index is 12.2. The van der Waals surface area contributed by atoms with E-state index in [1.54, 1.807) is 30.5 Å². The van der Waals surface area contributed by atoms with E-state index in [4.69, 9.17) is 4.74 Å². The van der Waals surface area contributed by atoms with E-state index in [2.05, 4.69) is 17.0 Å². The van der Waals surface area contributed by atoms with Crippen LogP contribution in [-0.2, 0) is 22.1 Å². The highest BCUT2D eigenvalue weighted by molar-refractivity contribution is 7.84. The van der Waals surface area contributed by atoms with Crippen molar-refractivity contribution in [3.05, 3.63) is 65.7 Å². The molecule has 1 fully saturated rings. The van der Waals surface area contributed by atoms with Crippen molar-refractivity contribution in [2.45, 2.75) is 24.0 Å². The molecule has 3 rings (SSSR count). The summed E-state index contributed by atoms with van der Waals surface area (Å²) in [4.78, 5) is 15.2. The molecule has 1 heterocycles. The number of carbonyl (C=O) groups is 1. The van der Waals surface area contributed by atoms with Crippen LogP contribution in [0.2, 0.25) is 0 Å². The largest absolute Gasteiger partial charge is 0.457 e. The van der Waals surface area contributed by atoms with Gasteiger partial charge in [0.25, 0.3) is 0 Å². The summed E-state index contributed by atoms with van der Waals surface area (Å²) in [5, 5.41) is 0. The van der Waals surface area contributed by atoms with Gasteiger partial charge in [-0.05, 0) is 36.2 Å². The Labute approximate surface area is 144 Å². The van der Waals surface area contributed by atoms with Crippen LogP contribution in [0.15, 0.2) is 59.5 Å². The zero-order valence-electron chi connectivity index (χ0n) is 13.7. The second-order valence-electron chi connectivity index (χ2n) is 6.02. The van der Waals surface area contributed by atoms with Crippen LogP contribution in [0.4, 0.5) is 0 Å². The Morgan fingerprint density at radius 1 is 1.17 bits per heavy atom. The molecular weight excluding hydrogens is 322 g/mol. The number of likely N-dealkylation sites (tertiary alicyclic amines) is 1. The molecule has 1 saturated heterocycles. The molecule has 126 valence electrons. The molecule has 0 aliphatic carbocycles. The van der Waals surface area contributed by atoms with Crippen LogP contribution in [-0.4, -0.2) is 40.5 Å². The SMILES string of the molecule is C[S@@](=O)c1ccc(C(=O)O[C@@H]2CCN(Cc3ccccc3)C2)cc1. The van der Waals surface area contributed by atoms with Gasteiger partial charge in [0.1, 0.15) is 6.10 Å². The van der Waals surface area contributed by atoms with E-state index in [9.17, 15) is 9.00 Å². The second-order valence-corrected chi connectivity index (χ2v) is 7.39. The van der Waals surface area contributed by atoms with E-state index < -0.39 is 10.8 Å². The van der Waals surface area contributed by atoms with Crippen molar-refractivity contribution in [2.24, 2.45) is 0 Å². The van der Waals surface area contributed by atoms with E-state index in [1.165, 1.54) is 5.56 Å². The standard InChI is InChI=1S/C19H21NO3S/c1-24(22)18-9-7-16(8-10-18)19(21)23-17-11-12-20(14-17)13-15-5-3-2-4-6-15/h2-10,17H,11-14H2,1H3/t17-,24-/m1/s1. The minimum atomic E-state index is -1.04. The summed E-state index contributed by atoms with van der Waals surface area (Å²) in [6, 6.07) is 17.1. The zero-order valence-corrected chi connectivity index (χ0v) is 14.5. The molecule has 4 nitrogen and oxygen atoms in total. The number of esters is 1. The molecule has 1 aliphatic heterocycles. The lowest BCUT2D eigenvalue weighted by Crippen LogP contribution is -2.24. The molecule has 0 bridgehead atoms. The first-order valence-electron chi connectivity index (χ1n) is 8.02. The Bertz CT molecular complexity index is 715. The third-order valence-electron chi connectivity index (χ3n) is 4.17. The van der Waals surface area contributed by atoms with Gasteiger partial charge in [-0.3, -0.25) is 9.11 Å². The van der Waals surface area contributed by atoms with Gasteiger partial charge in [-0.25, -0.2) is 4.79 Å². The number of benzene rings is 2. The molecule has 0 unspecified atom stereocenters. The third-order valence-corrected chi connectivity index (χ3v) is 5.11. The van der Waals surface area contributed by atoms with Crippen molar-refractivity contribution in [2.75, 3.05) is 19.3 Å². The van der Waals surface area contributed by atoms with Gasteiger partial charge in [-0.2, -0.15) is 0 Å². The van der Waals surface area contributed by atoms with E-state index >= 15 is 0 Å². The highest BCUT2D eigenvalue weighted by Crippen LogP contribution is 2.18. The number of rotatable bonds is 5. The first-order valence-corrected chi connectivity index (χ1v) is 9.58. The minimum Gasteiger partial charge on any atom is -0.457 e. The van der Waals surface area contributed by atoms with Crippen LogP contribution in [0.1, 0.15) is 22.3 Å². The number of ether oxygens (including phenoxy) is 1. The quantitative estimate of drug-likeness (QED) is 0.783. The van der Waals surface area contributed by atoms with Gasteiger partial charge in [0.15, 0.2) is 0 Å². The predicted molar refractivity (Wildman–Crippen MR) is 94.3 cm³/mol. The smallest absolute Gasteiger partial charge is 0.338 e. The first kappa shape index (κ1) is 16.9. The van der Waals surface area contributed by atoms with E-state index in [0.717, 1.165) is 26.1 Å². The van der Waals surface area contributed by atoms with E-state index in [0.29, 0.717) is 10.5 Å². The van der Waals surface area contributed by atoms with Crippen molar-refractivity contribution in [1.29, 1.82) is 0 Å². The van der Waals surface area contributed by atoms with Crippen molar-refractivity contribution < 1.29 is 13.7 Å². The van der Waals surface area contributed by atoms with Crippen molar-refractivity contribution in [3.63, 3.8) is 0 Å². The second kappa shape index (κ2) is 7.73. The van der Waals surface area contributed by atoms with E-state index in [-0.39, 0.29) is 12.1 Å². The lowest BCUT2D eigenvalue weighted by atomic mass is 10.2. The molecule has 0 radical (unpaired) electrons. The number of hydrogen-bond donors (Lipinski definition) is 0. The van der Waals surface area contributed by atoms with Gasteiger partial charge in [0.05, 0.1) is 5.56 Å². The lowest BCUT2D eigenvalue weighted by molar-refractivity contribution is 0.0320. The van der Waals surface area contributed by atoms with Crippen LogP contribution in [0.3, 0.4) is 0 Å². The maximum Gasteiger partial charge on any atom is 0.338 e. The third kappa shape index (κ3) is 4.30. The Hall–Kier alpha value is -1.98. The molecular formula is C19H21NO3S. The number of nitrogens with zero attached hydrogens (tertiary/aromatic N) is 1. The molecule has 2 atom stereocenters. The molecule has 0 N–H and O–H groups in total. The Morgan fingerprint density at radius 2 is 1.88 bits per heavy atom. The molecule has 0 amide bonds. The highest BCUT2D eigenvalue weighted by atomic mass is 32.2. The van der Waals surface area contributed by atoms with Gasteiger partial charge in [0, 0.05) is 41.6 Å². The van der Waals surface area contributed by atoms with Crippen molar-refractivity contribution in [1.82, 2.24) is 4.90 Å². The molecule has 2 aromatic rings. The average molecular weight is 343 g/mol. The zero-order chi connectivity index (χ0) is 16.9. The number of hydrogen-bond acceptors (Lipinski definition) is 4. The summed E-state index contributed by atoms with van der Waals surface area (Å²) in [6.45, 7) is 2.57. The average Bonchev–Trinajstić information content (AvgIpc) is 3.02. The lowest BCUT2D eigenvalue weighted by Gasteiger charge is -2.16. The summed E-state index contributed by atoms with van der Waals surface area (Å²) in [5.41, 5.74) is 1.78. The Kier molecular flexibility index (Phi) is 5.43. The van der Waals surface area contributed by atoms with E-state index in [1.807, 2.05) is 18.2 Å². The fraction of sp³-hybridized carbons (Fsp3) is 0.316. The van der Waals surface area contributed by atoms with Gasteiger partial charge < -0.3 is 4.74 Å². The number of carbonyl (C=O) groups excluding carboxylic acids is 1. The van der Waals surface area contributed by atoms with Gasteiger partial charge >= 0.3 is 5.97 Å². The molecule has 2 aromatic carbocycles. The summed E-state index contributed by atoms with van der Waals surface area (Å²) < 4.78 is 17.0. The van der Waals surface area contributed by atoms with Gasteiger partial charge in [0.2, 0.25) is 0 Å². The Balaban J connectivity index is 1.53. The molecule has 0 saturated carbocycles. The van der Waals surface area contributed by atoms with Crippen molar-refractivity contribution in [3.8, 4) is 0 Å². The first-order chi connectivity index (χ1) is 11.6. The monoisotopic (exact) mass is 343 g/mol. The summed E-state index contributed by atoms with van der Waals surface area (Å²) in [7, 11) is -1.04. The highest BCUT2D eigenvalue weighted by Gasteiger charge is 2.26. The summed E-state index contributed by atoms with van der Waals surface area (Å²) in [5.74, 6) is -0.310. The van der Waals surface area contributed by atoms with Gasteiger partial charge in [-0.15, -0.1) is 0 Å². The molecule has 24 heavy (non-hydrogen) atoms. The topological polar surface area (TPSA) is 46.6 Å². The van der Waals surface area contributed by atoms with Crippen LogP contribution < -0.4 is 0 Å². The molecule has 0 aromatic heterocycles. The van der Waals surface area contributed by atoms with Crippen LogP contribution in [0.25, 0.3) is 0 Å². The van der Waals surface area contributed by atoms with Crippen molar-refractivity contribution >= 4 is 16.8 Å². The van der Waals surface area contributed by atoms with Crippen LogP contribution >= 0.6 is 0 Å². The molecule has 5 heteroatoms. The predicted octanol–water partition coefficient (Wildman–Crippen LogP) is 2.86. The Morgan fingerprint density at radius 3 is 2.54 bits per heavy atom. The fourth-order valence-electron chi connectivity index (χ4n) is 2.88. The summed E-state index contributed by atoms with van der Waals surface area (Å²) >= 11 is 0. The fourth-order valence-corrected chi connectivity index (χ4v) is 3.40. The molecule has 1 aliphatic rings. The summed E-state index contributed by atoms with van der Waals surface area (Å²) in [6.07, 6.45) is 2.41.